The molecule has 0 aliphatic carbocycles. The normalized spacial score (nSPS) is 10.6. The highest BCUT2D eigenvalue weighted by molar-refractivity contribution is 7.09. The fraction of sp³-hybridized carbons (Fsp3) is 0.333. The highest BCUT2D eigenvalue weighted by Gasteiger charge is 2.08. The van der Waals surface area contributed by atoms with E-state index < -0.39 is 5.56 Å². The third-order valence-corrected chi connectivity index (χ3v) is 3.87. The van der Waals surface area contributed by atoms with Crippen molar-refractivity contribution >= 4 is 28.6 Å². The monoisotopic (exact) mass is 299 g/mol. The minimum absolute atomic E-state index is 0.106. The SMILES string of the molecule is O=c1c(Cl)c(NCCc2cccs2)cnn1CCO. The van der Waals surface area contributed by atoms with Crippen molar-refractivity contribution in [3.63, 3.8) is 0 Å². The van der Waals surface area contributed by atoms with Gasteiger partial charge in [-0.3, -0.25) is 4.79 Å². The van der Waals surface area contributed by atoms with Gasteiger partial charge < -0.3 is 10.4 Å². The molecule has 2 aromatic rings. The van der Waals surface area contributed by atoms with Crippen molar-refractivity contribution in [3.8, 4) is 0 Å². The third-order valence-electron chi connectivity index (χ3n) is 2.56. The second kappa shape index (κ2) is 6.70. The quantitative estimate of drug-likeness (QED) is 0.850. The van der Waals surface area contributed by atoms with Crippen LogP contribution in [-0.4, -0.2) is 28.0 Å². The molecule has 0 bridgehead atoms. The number of hydrogen-bond acceptors (Lipinski definition) is 5. The second-order valence-corrected chi connectivity index (χ2v) is 5.29. The van der Waals surface area contributed by atoms with Crippen molar-refractivity contribution in [2.75, 3.05) is 18.5 Å². The molecule has 0 atom stereocenters. The van der Waals surface area contributed by atoms with Crippen LogP contribution < -0.4 is 10.9 Å². The Morgan fingerprint density at radius 2 is 2.37 bits per heavy atom. The van der Waals surface area contributed by atoms with E-state index in [1.807, 2.05) is 11.4 Å². The van der Waals surface area contributed by atoms with E-state index in [1.165, 1.54) is 11.1 Å². The van der Waals surface area contributed by atoms with Gasteiger partial charge in [0.15, 0.2) is 0 Å². The second-order valence-electron chi connectivity index (χ2n) is 3.88. The minimum atomic E-state index is -0.392. The van der Waals surface area contributed by atoms with Gasteiger partial charge in [-0.2, -0.15) is 5.10 Å². The lowest BCUT2D eigenvalue weighted by atomic mass is 10.3. The summed E-state index contributed by atoms with van der Waals surface area (Å²) in [6, 6.07) is 4.07. The summed E-state index contributed by atoms with van der Waals surface area (Å²) < 4.78 is 1.15. The Hall–Kier alpha value is -1.37. The van der Waals surface area contributed by atoms with E-state index in [4.69, 9.17) is 16.7 Å². The molecule has 0 unspecified atom stereocenters. The zero-order valence-electron chi connectivity index (χ0n) is 10.2. The minimum Gasteiger partial charge on any atom is -0.394 e. The van der Waals surface area contributed by atoms with Crippen LogP contribution in [0.5, 0.6) is 0 Å². The lowest BCUT2D eigenvalue weighted by molar-refractivity contribution is 0.266. The molecule has 0 aliphatic heterocycles. The molecular formula is C12H14ClN3O2S. The summed E-state index contributed by atoms with van der Waals surface area (Å²) in [5, 5.41) is 18.0. The number of anilines is 1. The van der Waals surface area contributed by atoms with E-state index in [2.05, 4.69) is 16.5 Å². The summed E-state index contributed by atoms with van der Waals surface area (Å²) in [4.78, 5) is 13.1. The van der Waals surface area contributed by atoms with Crippen LogP contribution >= 0.6 is 22.9 Å². The zero-order valence-corrected chi connectivity index (χ0v) is 11.7. The number of thiophene rings is 1. The Kier molecular flexibility index (Phi) is 4.95. The molecule has 0 saturated heterocycles. The van der Waals surface area contributed by atoms with Crippen molar-refractivity contribution in [3.05, 3.63) is 44.0 Å². The molecule has 19 heavy (non-hydrogen) atoms. The lowest BCUT2D eigenvalue weighted by Crippen LogP contribution is -2.25. The first kappa shape index (κ1) is 14.0. The first-order chi connectivity index (χ1) is 9.22. The molecule has 0 amide bonds. The number of rotatable bonds is 6. The molecule has 0 aromatic carbocycles. The van der Waals surface area contributed by atoms with E-state index in [-0.39, 0.29) is 18.2 Å². The first-order valence-electron chi connectivity index (χ1n) is 5.85. The van der Waals surface area contributed by atoms with Crippen molar-refractivity contribution in [1.29, 1.82) is 0 Å². The number of hydrogen-bond donors (Lipinski definition) is 2. The van der Waals surface area contributed by atoms with Crippen LogP contribution in [0.3, 0.4) is 0 Å². The number of aliphatic hydroxyl groups is 1. The van der Waals surface area contributed by atoms with Gasteiger partial charge >= 0.3 is 0 Å². The van der Waals surface area contributed by atoms with Gasteiger partial charge in [0.1, 0.15) is 5.02 Å². The molecule has 5 nitrogen and oxygen atoms in total. The molecule has 0 radical (unpaired) electrons. The van der Waals surface area contributed by atoms with Gasteiger partial charge in [0.05, 0.1) is 25.0 Å². The molecule has 7 heteroatoms. The van der Waals surface area contributed by atoms with Crippen molar-refractivity contribution in [2.45, 2.75) is 13.0 Å². The molecule has 0 fully saturated rings. The van der Waals surface area contributed by atoms with E-state index in [0.717, 1.165) is 11.1 Å². The number of halogens is 1. The highest BCUT2D eigenvalue weighted by Crippen LogP contribution is 2.16. The molecule has 0 saturated carbocycles. The maximum absolute atomic E-state index is 11.8. The van der Waals surface area contributed by atoms with Crippen LogP contribution in [0.25, 0.3) is 0 Å². The predicted octanol–water partition coefficient (Wildman–Crippen LogP) is 1.61. The Morgan fingerprint density at radius 3 is 3.05 bits per heavy atom. The van der Waals surface area contributed by atoms with Crippen molar-refractivity contribution < 1.29 is 5.11 Å². The van der Waals surface area contributed by atoms with Gasteiger partial charge in [0.2, 0.25) is 0 Å². The fourth-order valence-corrected chi connectivity index (χ4v) is 2.54. The van der Waals surface area contributed by atoms with Crippen LogP contribution in [0.2, 0.25) is 5.02 Å². The molecule has 0 spiro atoms. The topological polar surface area (TPSA) is 67.2 Å². The summed E-state index contributed by atoms with van der Waals surface area (Å²) in [6.07, 6.45) is 2.38. The zero-order chi connectivity index (χ0) is 13.7. The van der Waals surface area contributed by atoms with Crippen LogP contribution in [0.4, 0.5) is 5.69 Å². The number of nitrogens with one attached hydrogen (secondary N) is 1. The smallest absolute Gasteiger partial charge is 0.287 e. The summed E-state index contributed by atoms with van der Waals surface area (Å²) in [5.74, 6) is 0. The average molecular weight is 300 g/mol. The lowest BCUT2D eigenvalue weighted by Gasteiger charge is -2.09. The van der Waals surface area contributed by atoms with Crippen molar-refractivity contribution in [1.82, 2.24) is 9.78 Å². The van der Waals surface area contributed by atoms with Gasteiger partial charge in [-0.1, -0.05) is 17.7 Å². The van der Waals surface area contributed by atoms with Crippen LogP contribution in [-0.2, 0) is 13.0 Å². The Labute approximate surface area is 119 Å². The average Bonchev–Trinajstić information content (AvgIpc) is 2.91. The Balaban J connectivity index is 2.01. The summed E-state index contributed by atoms with van der Waals surface area (Å²) >= 11 is 7.67. The molecule has 102 valence electrons. The van der Waals surface area contributed by atoms with Gasteiger partial charge in [0, 0.05) is 11.4 Å². The molecule has 2 N–H and O–H groups in total. The summed E-state index contributed by atoms with van der Waals surface area (Å²) in [5.41, 5.74) is 0.134. The number of nitrogens with zero attached hydrogens (tertiary/aromatic N) is 2. The van der Waals surface area contributed by atoms with Gasteiger partial charge in [-0.25, -0.2) is 4.68 Å². The summed E-state index contributed by atoms with van der Waals surface area (Å²) in [7, 11) is 0. The molecule has 2 heterocycles. The maximum Gasteiger partial charge on any atom is 0.287 e. The highest BCUT2D eigenvalue weighted by atomic mass is 35.5. The van der Waals surface area contributed by atoms with E-state index in [1.54, 1.807) is 11.3 Å². The molecular weight excluding hydrogens is 286 g/mol. The molecule has 0 aliphatic rings. The fourth-order valence-electron chi connectivity index (χ4n) is 1.62. The van der Waals surface area contributed by atoms with Gasteiger partial charge in [-0.05, 0) is 17.9 Å². The van der Waals surface area contributed by atoms with Gasteiger partial charge in [0.25, 0.3) is 5.56 Å². The van der Waals surface area contributed by atoms with Crippen LogP contribution in [0.15, 0.2) is 28.5 Å². The largest absolute Gasteiger partial charge is 0.394 e. The standard InChI is InChI=1S/C12H14ClN3O2S/c13-11-10(8-15-16(5-6-17)12(11)18)14-4-3-9-2-1-7-19-9/h1-2,7-8,14,17H,3-6H2. The maximum atomic E-state index is 11.8. The number of aliphatic hydroxyl groups excluding tert-OH is 1. The van der Waals surface area contributed by atoms with Crippen LogP contribution in [0, 0.1) is 0 Å². The third kappa shape index (κ3) is 3.56. The van der Waals surface area contributed by atoms with Crippen LogP contribution in [0.1, 0.15) is 4.88 Å². The first-order valence-corrected chi connectivity index (χ1v) is 7.11. The number of aromatic nitrogens is 2. The molecule has 2 rings (SSSR count). The predicted molar refractivity (Wildman–Crippen MR) is 77.1 cm³/mol. The molecule has 2 aromatic heterocycles. The van der Waals surface area contributed by atoms with E-state index in [9.17, 15) is 4.79 Å². The Morgan fingerprint density at radius 1 is 1.53 bits per heavy atom. The summed E-state index contributed by atoms with van der Waals surface area (Å²) in [6.45, 7) is 0.688. The van der Waals surface area contributed by atoms with E-state index in [0.29, 0.717) is 12.2 Å². The van der Waals surface area contributed by atoms with E-state index >= 15 is 0 Å². The van der Waals surface area contributed by atoms with Crippen molar-refractivity contribution in [2.24, 2.45) is 0 Å². The van der Waals surface area contributed by atoms with Gasteiger partial charge in [-0.15, -0.1) is 11.3 Å². The Bertz CT molecular complexity index is 583.